The summed E-state index contributed by atoms with van der Waals surface area (Å²) in [5.41, 5.74) is 1.98. The second-order valence-electron chi connectivity index (χ2n) is 5.38. The van der Waals surface area contributed by atoms with Crippen LogP contribution in [0.3, 0.4) is 0 Å². The van der Waals surface area contributed by atoms with Crippen molar-refractivity contribution in [3.63, 3.8) is 0 Å². The van der Waals surface area contributed by atoms with Crippen molar-refractivity contribution in [3.05, 3.63) is 64.2 Å². The Labute approximate surface area is 140 Å². The summed E-state index contributed by atoms with van der Waals surface area (Å²) in [5, 5.41) is 13.4. The highest BCUT2D eigenvalue weighted by atomic mass is 16.6. The molecule has 126 valence electrons. The predicted octanol–water partition coefficient (Wildman–Crippen LogP) is 2.36. The summed E-state index contributed by atoms with van der Waals surface area (Å²) in [6.07, 6.45) is 0. The molecule has 2 aromatic carbocycles. The van der Waals surface area contributed by atoms with Crippen molar-refractivity contribution in [2.45, 2.75) is 6.54 Å². The Morgan fingerprint density at radius 3 is 2.54 bits per heavy atom. The van der Waals surface area contributed by atoms with Crippen LogP contribution >= 0.6 is 0 Å². The van der Waals surface area contributed by atoms with Crippen molar-refractivity contribution in [1.29, 1.82) is 0 Å². The van der Waals surface area contributed by atoms with Crippen LogP contribution in [-0.2, 0) is 11.3 Å². The van der Waals surface area contributed by atoms with Crippen molar-refractivity contribution in [1.82, 2.24) is 5.32 Å². The zero-order valence-corrected chi connectivity index (χ0v) is 13.6. The van der Waals surface area contributed by atoms with Crippen LogP contribution < -0.4 is 15.0 Å². The van der Waals surface area contributed by atoms with Gasteiger partial charge < -0.3 is 15.0 Å². The van der Waals surface area contributed by atoms with Crippen LogP contribution in [0.15, 0.2) is 48.5 Å². The van der Waals surface area contributed by atoms with Crippen molar-refractivity contribution >= 4 is 17.3 Å². The second-order valence-corrected chi connectivity index (χ2v) is 5.38. The third-order valence-corrected chi connectivity index (χ3v) is 3.34. The van der Waals surface area contributed by atoms with E-state index < -0.39 is 4.92 Å². The van der Waals surface area contributed by atoms with Gasteiger partial charge in [0.05, 0.1) is 11.0 Å². The molecule has 7 heteroatoms. The number of nitro benzene ring substituents is 1. The number of nitrogens with zero attached hydrogens (tertiary/aromatic N) is 2. The van der Waals surface area contributed by atoms with Crippen molar-refractivity contribution in [2.24, 2.45) is 0 Å². The topological polar surface area (TPSA) is 84.7 Å². The second kappa shape index (κ2) is 7.96. The van der Waals surface area contributed by atoms with E-state index in [1.165, 1.54) is 18.2 Å². The number of anilines is 1. The number of nitro groups is 1. The van der Waals surface area contributed by atoms with Gasteiger partial charge in [0, 0.05) is 32.4 Å². The molecule has 0 spiro atoms. The molecular formula is C17H19N3O4. The molecule has 1 amide bonds. The maximum atomic E-state index is 11.8. The molecule has 0 saturated carbocycles. The number of carbonyl (C=O) groups excluding carboxylic acids is 1. The van der Waals surface area contributed by atoms with Crippen LogP contribution in [0, 0.1) is 10.1 Å². The zero-order valence-electron chi connectivity index (χ0n) is 13.6. The van der Waals surface area contributed by atoms with Crippen LogP contribution in [0.25, 0.3) is 0 Å². The molecule has 1 N–H and O–H groups in total. The van der Waals surface area contributed by atoms with E-state index in [1.54, 1.807) is 6.07 Å². The first-order valence-corrected chi connectivity index (χ1v) is 7.36. The molecule has 0 aromatic heterocycles. The first-order chi connectivity index (χ1) is 11.5. The van der Waals surface area contributed by atoms with E-state index in [9.17, 15) is 14.9 Å². The van der Waals surface area contributed by atoms with E-state index in [0.29, 0.717) is 6.54 Å². The minimum absolute atomic E-state index is 0.0751. The summed E-state index contributed by atoms with van der Waals surface area (Å²) in [5.74, 6) is -0.00659. The van der Waals surface area contributed by atoms with E-state index in [-0.39, 0.29) is 24.0 Å². The van der Waals surface area contributed by atoms with E-state index in [1.807, 2.05) is 43.3 Å². The number of nitrogens with one attached hydrogen (secondary N) is 1. The van der Waals surface area contributed by atoms with Crippen LogP contribution in [0.1, 0.15) is 5.56 Å². The standard InChI is InChI=1S/C17H19N3O4/c1-19(2)14-8-6-13(7-9-14)11-18-17(21)12-24-16-5-3-4-15(10-16)20(22)23/h3-10H,11-12H2,1-2H3,(H,18,21). The third kappa shape index (κ3) is 4.98. The van der Waals surface area contributed by atoms with Crippen LogP contribution in [0.4, 0.5) is 11.4 Å². The summed E-state index contributed by atoms with van der Waals surface area (Å²) >= 11 is 0. The number of rotatable bonds is 7. The quantitative estimate of drug-likeness (QED) is 0.622. The molecule has 0 fully saturated rings. The van der Waals surface area contributed by atoms with Crippen molar-refractivity contribution in [3.8, 4) is 5.75 Å². The van der Waals surface area contributed by atoms with Gasteiger partial charge in [-0.15, -0.1) is 0 Å². The van der Waals surface area contributed by atoms with Crippen LogP contribution in [0.5, 0.6) is 5.75 Å². The Bertz CT molecular complexity index is 714. The highest BCUT2D eigenvalue weighted by molar-refractivity contribution is 5.77. The van der Waals surface area contributed by atoms with Gasteiger partial charge in [0.1, 0.15) is 5.75 Å². The molecule has 0 radical (unpaired) electrons. The van der Waals surface area contributed by atoms with Gasteiger partial charge >= 0.3 is 0 Å². The van der Waals surface area contributed by atoms with Gasteiger partial charge in [0.25, 0.3) is 11.6 Å². The summed E-state index contributed by atoms with van der Waals surface area (Å²) in [6, 6.07) is 13.6. The number of ether oxygens (including phenoxy) is 1. The molecule has 0 aliphatic heterocycles. The Kier molecular flexibility index (Phi) is 5.73. The van der Waals surface area contributed by atoms with Gasteiger partial charge in [0.15, 0.2) is 6.61 Å². The fraction of sp³-hybridized carbons (Fsp3) is 0.235. The number of carbonyl (C=O) groups is 1. The van der Waals surface area contributed by atoms with Gasteiger partial charge in [-0.05, 0) is 23.8 Å². The van der Waals surface area contributed by atoms with Gasteiger partial charge in [-0.25, -0.2) is 0 Å². The molecular weight excluding hydrogens is 310 g/mol. The molecule has 2 aromatic rings. The minimum Gasteiger partial charge on any atom is -0.484 e. The Morgan fingerprint density at radius 1 is 1.21 bits per heavy atom. The highest BCUT2D eigenvalue weighted by Crippen LogP contribution is 2.18. The molecule has 0 unspecified atom stereocenters. The molecule has 0 aliphatic carbocycles. The van der Waals surface area contributed by atoms with Gasteiger partial charge in [-0.3, -0.25) is 14.9 Å². The van der Waals surface area contributed by atoms with E-state index in [4.69, 9.17) is 4.74 Å². The molecule has 24 heavy (non-hydrogen) atoms. The van der Waals surface area contributed by atoms with Crippen molar-refractivity contribution < 1.29 is 14.5 Å². The zero-order chi connectivity index (χ0) is 17.5. The van der Waals surface area contributed by atoms with Crippen molar-refractivity contribution in [2.75, 3.05) is 25.6 Å². The van der Waals surface area contributed by atoms with E-state index >= 15 is 0 Å². The fourth-order valence-corrected chi connectivity index (χ4v) is 2.00. The Balaban J connectivity index is 1.81. The molecule has 7 nitrogen and oxygen atoms in total. The Morgan fingerprint density at radius 2 is 1.92 bits per heavy atom. The molecule has 2 rings (SSSR count). The predicted molar refractivity (Wildman–Crippen MR) is 91.2 cm³/mol. The van der Waals surface area contributed by atoms with E-state index in [0.717, 1.165) is 11.3 Å². The van der Waals surface area contributed by atoms with Gasteiger partial charge in [-0.2, -0.15) is 0 Å². The number of hydrogen-bond acceptors (Lipinski definition) is 5. The summed E-state index contributed by atoms with van der Waals surface area (Å²) < 4.78 is 5.27. The monoisotopic (exact) mass is 329 g/mol. The van der Waals surface area contributed by atoms with Crippen LogP contribution in [-0.4, -0.2) is 31.5 Å². The fourth-order valence-electron chi connectivity index (χ4n) is 2.00. The lowest BCUT2D eigenvalue weighted by molar-refractivity contribution is -0.384. The average molecular weight is 329 g/mol. The van der Waals surface area contributed by atoms with Crippen LogP contribution in [0.2, 0.25) is 0 Å². The highest BCUT2D eigenvalue weighted by Gasteiger charge is 2.08. The molecule has 0 heterocycles. The van der Waals surface area contributed by atoms with Gasteiger partial charge in [-0.1, -0.05) is 18.2 Å². The number of amides is 1. The number of hydrogen-bond donors (Lipinski definition) is 1. The van der Waals surface area contributed by atoms with E-state index in [2.05, 4.69) is 5.32 Å². The smallest absolute Gasteiger partial charge is 0.273 e. The normalized spacial score (nSPS) is 10.1. The molecule has 0 atom stereocenters. The summed E-state index contributed by atoms with van der Waals surface area (Å²) in [6.45, 7) is 0.196. The average Bonchev–Trinajstić information content (AvgIpc) is 2.58. The number of non-ortho nitro benzene ring substituents is 1. The minimum atomic E-state index is -0.510. The molecule has 0 bridgehead atoms. The lowest BCUT2D eigenvalue weighted by Gasteiger charge is -2.13. The first kappa shape index (κ1) is 17.3. The Hall–Kier alpha value is -3.09. The maximum Gasteiger partial charge on any atom is 0.273 e. The maximum absolute atomic E-state index is 11.8. The molecule has 0 saturated heterocycles. The SMILES string of the molecule is CN(C)c1ccc(CNC(=O)COc2cccc([N+](=O)[O-])c2)cc1. The lowest BCUT2D eigenvalue weighted by atomic mass is 10.2. The first-order valence-electron chi connectivity index (χ1n) is 7.36. The van der Waals surface area contributed by atoms with Gasteiger partial charge in [0.2, 0.25) is 0 Å². The molecule has 0 aliphatic rings. The third-order valence-electron chi connectivity index (χ3n) is 3.34. The lowest BCUT2D eigenvalue weighted by Crippen LogP contribution is -2.28. The summed E-state index contributed by atoms with van der Waals surface area (Å²) in [4.78, 5) is 24.0. The largest absolute Gasteiger partial charge is 0.484 e. The summed E-state index contributed by atoms with van der Waals surface area (Å²) in [7, 11) is 3.92. The number of benzene rings is 2.